The largest absolute Gasteiger partial charge is 0.480 e. The van der Waals surface area contributed by atoms with Crippen molar-refractivity contribution in [2.24, 2.45) is 11.7 Å². The number of carbonyl (C=O) groups is 3. The second kappa shape index (κ2) is 7.28. The van der Waals surface area contributed by atoms with Gasteiger partial charge in [0.1, 0.15) is 23.5 Å². The molecule has 2 aliphatic rings. The van der Waals surface area contributed by atoms with Crippen LogP contribution in [-0.4, -0.2) is 34.8 Å². The molecule has 4 atom stereocenters. The molecule has 4 unspecified atom stereocenters. The molecule has 1 saturated carbocycles. The highest BCUT2D eigenvalue weighted by Crippen LogP contribution is 2.55. The summed E-state index contributed by atoms with van der Waals surface area (Å²) >= 11 is 0. The van der Waals surface area contributed by atoms with Crippen LogP contribution in [0.3, 0.4) is 0 Å². The number of anilines is 1. The van der Waals surface area contributed by atoms with Crippen molar-refractivity contribution in [1.82, 2.24) is 0 Å². The first-order valence-corrected chi connectivity index (χ1v) is 9.62. The van der Waals surface area contributed by atoms with Gasteiger partial charge in [0.25, 0.3) is 5.91 Å². The lowest BCUT2D eigenvalue weighted by Crippen LogP contribution is -2.64. The lowest BCUT2D eigenvalue weighted by atomic mass is 9.58. The number of nitrogens with two attached hydrogens (primary N) is 1. The van der Waals surface area contributed by atoms with Gasteiger partial charge in [0.15, 0.2) is 0 Å². The highest BCUT2D eigenvalue weighted by atomic mass is 19.1. The molecule has 0 aromatic heterocycles. The van der Waals surface area contributed by atoms with Gasteiger partial charge in [-0.3, -0.25) is 9.59 Å². The van der Waals surface area contributed by atoms with E-state index in [1.807, 2.05) is 0 Å². The molecule has 2 aromatic rings. The Balaban J connectivity index is 1.86. The third-order valence-corrected chi connectivity index (χ3v) is 6.32. The molecule has 0 saturated heterocycles. The van der Waals surface area contributed by atoms with Crippen molar-refractivity contribution in [3.63, 3.8) is 0 Å². The van der Waals surface area contributed by atoms with E-state index in [1.54, 1.807) is 0 Å². The van der Waals surface area contributed by atoms with Crippen LogP contribution in [0.25, 0.3) is 0 Å². The third-order valence-electron chi connectivity index (χ3n) is 6.32. The van der Waals surface area contributed by atoms with Gasteiger partial charge in [-0.2, -0.15) is 0 Å². The molecule has 1 heterocycles. The Labute approximate surface area is 171 Å². The van der Waals surface area contributed by atoms with Crippen molar-refractivity contribution in [3.8, 4) is 0 Å². The number of carboxylic acids is 1. The quantitative estimate of drug-likeness (QED) is 0.733. The number of hydrogen-bond acceptors (Lipinski definition) is 4. The van der Waals surface area contributed by atoms with Crippen LogP contribution in [0.5, 0.6) is 0 Å². The van der Waals surface area contributed by atoms with Gasteiger partial charge in [-0.05, 0) is 60.7 Å². The summed E-state index contributed by atoms with van der Waals surface area (Å²) in [7, 11) is 0. The molecule has 30 heavy (non-hydrogen) atoms. The van der Waals surface area contributed by atoms with Crippen LogP contribution in [-0.2, 0) is 9.59 Å². The molecule has 4 rings (SSSR count). The van der Waals surface area contributed by atoms with Crippen LogP contribution in [0.1, 0.15) is 41.1 Å². The van der Waals surface area contributed by atoms with E-state index >= 15 is 0 Å². The molecule has 8 heteroatoms. The van der Waals surface area contributed by atoms with Crippen LogP contribution < -0.4 is 10.6 Å². The summed E-state index contributed by atoms with van der Waals surface area (Å²) in [5.41, 5.74) is 5.26. The zero-order valence-corrected chi connectivity index (χ0v) is 15.9. The molecule has 1 amide bonds. The minimum Gasteiger partial charge on any atom is -0.480 e. The number of aliphatic carboxylic acids is 1. The van der Waals surface area contributed by atoms with Gasteiger partial charge in [0.05, 0.1) is 5.69 Å². The zero-order valence-electron chi connectivity index (χ0n) is 15.9. The topological polar surface area (TPSA) is 101 Å². The first kappa shape index (κ1) is 20.2. The van der Waals surface area contributed by atoms with Crippen molar-refractivity contribution in [2.75, 3.05) is 4.90 Å². The van der Waals surface area contributed by atoms with E-state index in [9.17, 15) is 28.3 Å². The molecule has 2 aromatic carbocycles. The Morgan fingerprint density at radius 1 is 1.13 bits per heavy atom. The number of aldehydes is 1. The molecule has 0 radical (unpaired) electrons. The Hall–Kier alpha value is -3.13. The maximum absolute atomic E-state index is 14.2. The number of fused-ring (bicyclic) bond motifs is 2. The number of carboxylic acid groups (broad SMARTS) is 1. The average Bonchev–Trinajstić information content (AvgIpc) is 2.68. The molecule has 0 bridgehead atoms. The molecular formula is C22H20F2N2O4. The van der Waals surface area contributed by atoms with Crippen LogP contribution in [0, 0.1) is 17.6 Å². The van der Waals surface area contributed by atoms with E-state index in [0.717, 1.165) is 0 Å². The number of carbonyl (C=O) groups excluding carboxylic acids is 2. The van der Waals surface area contributed by atoms with Crippen LogP contribution in [0.2, 0.25) is 0 Å². The van der Waals surface area contributed by atoms with Crippen LogP contribution in [0.15, 0.2) is 42.5 Å². The third kappa shape index (κ3) is 2.99. The summed E-state index contributed by atoms with van der Waals surface area (Å²) in [6.07, 6.45) is 1.27. The highest BCUT2D eigenvalue weighted by Gasteiger charge is 2.57. The summed E-state index contributed by atoms with van der Waals surface area (Å²) in [5, 5.41) is 9.83. The number of benzene rings is 2. The molecule has 1 fully saturated rings. The minimum atomic E-state index is -1.87. The lowest BCUT2D eigenvalue weighted by Gasteiger charge is -2.55. The normalized spacial score (nSPS) is 24.1. The number of rotatable bonds is 5. The standard InChI is InChI=1S/C22H20F2N2O4/c23-13-3-1-12(2-4-13)20(28)26-17-8-7-15(17)19(22(25,9-10-27)21(29)30)16-6-5-14(24)11-18(16)26/h1-6,10-11,15,17,19H,7-9,25H2,(H,29,30). The number of nitrogens with zero attached hydrogens (tertiary/aromatic N) is 1. The molecule has 1 aliphatic heterocycles. The SMILES string of the molecule is NC(CC=O)(C(=O)O)C1c2ccc(F)cc2N(C(=O)c2ccc(F)cc2)C2CCC21. The predicted octanol–water partition coefficient (Wildman–Crippen LogP) is 2.86. The fourth-order valence-corrected chi connectivity index (χ4v) is 4.75. The zero-order chi connectivity index (χ0) is 21.6. The van der Waals surface area contributed by atoms with Crippen LogP contribution in [0.4, 0.5) is 14.5 Å². The second-order valence-electron chi connectivity index (χ2n) is 7.89. The van der Waals surface area contributed by atoms with Crippen LogP contribution >= 0.6 is 0 Å². The van der Waals surface area contributed by atoms with E-state index in [0.29, 0.717) is 24.7 Å². The lowest BCUT2D eigenvalue weighted by molar-refractivity contribution is -0.147. The van der Waals surface area contributed by atoms with Crippen molar-refractivity contribution >= 4 is 23.9 Å². The Bertz CT molecular complexity index is 1030. The van der Waals surface area contributed by atoms with Gasteiger partial charge >= 0.3 is 5.97 Å². The fourth-order valence-electron chi connectivity index (χ4n) is 4.75. The summed E-state index contributed by atoms with van der Waals surface area (Å²) in [6.45, 7) is 0. The number of halogens is 2. The summed E-state index contributed by atoms with van der Waals surface area (Å²) in [6, 6.07) is 8.46. The minimum absolute atomic E-state index is 0.234. The maximum Gasteiger partial charge on any atom is 0.324 e. The van der Waals surface area contributed by atoms with Gasteiger partial charge in [0, 0.05) is 23.9 Å². The summed E-state index contributed by atoms with van der Waals surface area (Å²) < 4.78 is 27.5. The van der Waals surface area contributed by atoms with Gasteiger partial charge in [-0.25, -0.2) is 8.78 Å². The Morgan fingerprint density at radius 2 is 1.80 bits per heavy atom. The van der Waals surface area contributed by atoms with Gasteiger partial charge in [-0.1, -0.05) is 6.07 Å². The molecule has 0 spiro atoms. The predicted molar refractivity (Wildman–Crippen MR) is 104 cm³/mol. The smallest absolute Gasteiger partial charge is 0.324 e. The fraction of sp³-hybridized carbons (Fsp3) is 0.318. The second-order valence-corrected chi connectivity index (χ2v) is 7.89. The maximum atomic E-state index is 14.2. The summed E-state index contributed by atoms with van der Waals surface area (Å²) in [4.78, 5) is 38.0. The monoisotopic (exact) mass is 414 g/mol. The number of hydrogen-bond donors (Lipinski definition) is 2. The molecular weight excluding hydrogens is 394 g/mol. The van der Waals surface area contributed by atoms with E-state index in [1.165, 1.54) is 47.4 Å². The molecule has 156 valence electrons. The van der Waals surface area contributed by atoms with Crippen molar-refractivity contribution in [3.05, 3.63) is 65.2 Å². The Kier molecular flexibility index (Phi) is 4.89. The van der Waals surface area contributed by atoms with Gasteiger partial charge in [0.2, 0.25) is 0 Å². The molecule has 1 aliphatic carbocycles. The van der Waals surface area contributed by atoms with Gasteiger partial charge in [-0.15, -0.1) is 0 Å². The van der Waals surface area contributed by atoms with E-state index in [2.05, 4.69) is 0 Å². The summed E-state index contributed by atoms with van der Waals surface area (Å²) in [5.74, 6) is -3.88. The van der Waals surface area contributed by atoms with Crippen molar-refractivity contribution < 1.29 is 28.3 Å². The first-order chi connectivity index (χ1) is 14.3. The van der Waals surface area contributed by atoms with E-state index in [4.69, 9.17) is 5.73 Å². The molecule has 3 N–H and O–H groups in total. The highest BCUT2D eigenvalue weighted by molar-refractivity contribution is 6.07. The van der Waals surface area contributed by atoms with Gasteiger partial charge < -0.3 is 20.5 Å². The average molecular weight is 414 g/mol. The molecule has 6 nitrogen and oxygen atoms in total. The van der Waals surface area contributed by atoms with Crippen molar-refractivity contribution in [2.45, 2.75) is 36.8 Å². The van der Waals surface area contributed by atoms with E-state index in [-0.39, 0.29) is 17.2 Å². The first-order valence-electron chi connectivity index (χ1n) is 9.62. The Morgan fingerprint density at radius 3 is 2.37 bits per heavy atom. The van der Waals surface area contributed by atoms with E-state index < -0.39 is 47.4 Å². The number of amides is 1. The van der Waals surface area contributed by atoms with Crippen molar-refractivity contribution in [1.29, 1.82) is 0 Å².